The molecule has 1 aromatic carbocycles. The van der Waals surface area contributed by atoms with Gasteiger partial charge in [-0.2, -0.15) is 0 Å². The number of amides is 2. The number of hydrogen-bond acceptors (Lipinski definition) is 2. The van der Waals surface area contributed by atoms with Crippen molar-refractivity contribution in [1.29, 1.82) is 0 Å². The second-order valence-corrected chi connectivity index (χ2v) is 6.78. The minimum absolute atomic E-state index is 0.0847. The number of carbonyl (C=O) groups is 2. The van der Waals surface area contributed by atoms with Gasteiger partial charge in [0.1, 0.15) is 0 Å². The Bertz CT molecular complexity index is 523. The Morgan fingerprint density at radius 1 is 1.38 bits per heavy atom. The summed E-state index contributed by atoms with van der Waals surface area (Å²) in [7, 11) is 0. The third-order valence-electron chi connectivity index (χ3n) is 2.79. The van der Waals surface area contributed by atoms with Gasteiger partial charge in [0.25, 0.3) is 0 Å². The SMILES string of the molecule is CC(C)CC(CNC(=O)Nc1ccc(I)cc1Cl)C(=O)O. The number of benzene rings is 1. The molecule has 21 heavy (non-hydrogen) atoms. The summed E-state index contributed by atoms with van der Waals surface area (Å²) in [5.41, 5.74) is 0.491. The first-order valence-electron chi connectivity index (χ1n) is 6.52. The Morgan fingerprint density at radius 3 is 2.57 bits per heavy atom. The van der Waals surface area contributed by atoms with Crippen LogP contribution in [0.5, 0.6) is 0 Å². The second-order valence-electron chi connectivity index (χ2n) is 5.12. The fourth-order valence-electron chi connectivity index (χ4n) is 1.81. The van der Waals surface area contributed by atoms with Gasteiger partial charge in [-0.15, -0.1) is 0 Å². The first kappa shape index (κ1) is 18.0. The van der Waals surface area contributed by atoms with Crippen molar-refractivity contribution in [2.45, 2.75) is 20.3 Å². The lowest BCUT2D eigenvalue weighted by Crippen LogP contribution is -2.36. The van der Waals surface area contributed by atoms with Crippen LogP contribution in [0.1, 0.15) is 20.3 Å². The first-order chi connectivity index (χ1) is 9.79. The van der Waals surface area contributed by atoms with Gasteiger partial charge < -0.3 is 15.7 Å². The van der Waals surface area contributed by atoms with E-state index in [0.29, 0.717) is 17.1 Å². The van der Waals surface area contributed by atoms with Gasteiger partial charge in [-0.1, -0.05) is 25.4 Å². The summed E-state index contributed by atoms with van der Waals surface area (Å²) >= 11 is 8.14. The van der Waals surface area contributed by atoms with Crippen LogP contribution in [0.3, 0.4) is 0 Å². The van der Waals surface area contributed by atoms with E-state index < -0.39 is 17.9 Å². The van der Waals surface area contributed by atoms with E-state index in [1.807, 2.05) is 19.9 Å². The van der Waals surface area contributed by atoms with Gasteiger partial charge in [0, 0.05) is 10.1 Å². The Hall–Kier alpha value is -1.02. The lowest BCUT2D eigenvalue weighted by Gasteiger charge is -2.16. The molecule has 2 amide bonds. The molecule has 1 unspecified atom stereocenters. The van der Waals surface area contributed by atoms with E-state index in [0.717, 1.165) is 3.57 Å². The molecule has 0 saturated heterocycles. The highest BCUT2D eigenvalue weighted by molar-refractivity contribution is 14.1. The smallest absolute Gasteiger partial charge is 0.319 e. The minimum Gasteiger partial charge on any atom is -0.481 e. The Morgan fingerprint density at radius 2 is 2.05 bits per heavy atom. The number of anilines is 1. The van der Waals surface area contributed by atoms with E-state index in [4.69, 9.17) is 16.7 Å². The molecule has 0 aromatic heterocycles. The molecular weight excluding hydrogens is 407 g/mol. The van der Waals surface area contributed by atoms with E-state index in [-0.39, 0.29) is 12.5 Å². The highest BCUT2D eigenvalue weighted by Gasteiger charge is 2.19. The number of hydrogen-bond donors (Lipinski definition) is 3. The number of urea groups is 1. The fraction of sp³-hybridized carbons (Fsp3) is 0.429. The quantitative estimate of drug-likeness (QED) is 0.608. The molecule has 7 heteroatoms. The Labute approximate surface area is 142 Å². The molecule has 0 aliphatic heterocycles. The zero-order valence-electron chi connectivity index (χ0n) is 11.8. The molecule has 1 atom stereocenters. The summed E-state index contributed by atoms with van der Waals surface area (Å²) in [4.78, 5) is 22.9. The lowest BCUT2D eigenvalue weighted by molar-refractivity contribution is -0.142. The van der Waals surface area contributed by atoms with E-state index in [1.165, 1.54) is 0 Å². The molecule has 0 fully saturated rings. The van der Waals surface area contributed by atoms with Crippen LogP contribution in [0.2, 0.25) is 5.02 Å². The molecule has 1 rings (SSSR count). The standard InChI is InChI=1S/C14H18ClIN2O3/c1-8(2)5-9(13(19)20)7-17-14(21)18-12-4-3-10(16)6-11(12)15/h3-4,6,8-9H,5,7H2,1-2H3,(H,19,20)(H2,17,18,21). The average molecular weight is 425 g/mol. The highest BCUT2D eigenvalue weighted by atomic mass is 127. The van der Waals surface area contributed by atoms with E-state index >= 15 is 0 Å². The molecule has 1 aromatic rings. The van der Waals surface area contributed by atoms with Gasteiger partial charge in [0.15, 0.2) is 0 Å². The fourth-order valence-corrected chi connectivity index (χ4v) is 2.72. The Kier molecular flexibility index (Phi) is 7.24. The van der Waals surface area contributed by atoms with Crippen molar-refractivity contribution >= 4 is 51.9 Å². The van der Waals surface area contributed by atoms with Crippen LogP contribution in [-0.4, -0.2) is 23.7 Å². The van der Waals surface area contributed by atoms with Gasteiger partial charge in [-0.25, -0.2) is 4.79 Å². The Balaban J connectivity index is 2.54. The molecule has 0 spiro atoms. The summed E-state index contributed by atoms with van der Waals surface area (Å²) < 4.78 is 0.964. The van der Waals surface area contributed by atoms with Crippen molar-refractivity contribution in [3.05, 3.63) is 26.8 Å². The second kappa shape index (κ2) is 8.43. The van der Waals surface area contributed by atoms with Crippen LogP contribution in [0.4, 0.5) is 10.5 Å². The third kappa shape index (κ3) is 6.52. The first-order valence-corrected chi connectivity index (χ1v) is 7.98. The van der Waals surface area contributed by atoms with Gasteiger partial charge in [-0.3, -0.25) is 4.79 Å². The number of aliphatic carboxylic acids is 1. The average Bonchev–Trinajstić information content (AvgIpc) is 2.37. The number of rotatable bonds is 6. The highest BCUT2D eigenvalue weighted by Crippen LogP contribution is 2.23. The maximum absolute atomic E-state index is 11.8. The number of carboxylic acids is 1. The molecule has 116 valence electrons. The monoisotopic (exact) mass is 424 g/mol. The van der Waals surface area contributed by atoms with Crippen molar-refractivity contribution in [3.63, 3.8) is 0 Å². The molecule has 0 aliphatic rings. The molecule has 0 bridgehead atoms. The largest absolute Gasteiger partial charge is 0.481 e. The number of halogens is 2. The van der Waals surface area contributed by atoms with Gasteiger partial charge >= 0.3 is 12.0 Å². The van der Waals surface area contributed by atoms with Crippen LogP contribution in [0.15, 0.2) is 18.2 Å². The van der Waals surface area contributed by atoms with Crippen molar-refractivity contribution < 1.29 is 14.7 Å². The third-order valence-corrected chi connectivity index (χ3v) is 3.78. The zero-order chi connectivity index (χ0) is 16.0. The number of carboxylic acid groups (broad SMARTS) is 1. The summed E-state index contributed by atoms with van der Waals surface area (Å²) in [6, 6.07) is 4.79. The predicted molar refractivity (Wildman–Crippen MR) is 91.8 cm³/mol. The molecule has 0 radical (unpaired) electrons. The van der Waals surface area contributed by atoms with Crippen LogP contribution >= 0.6 is 34.2 Å². The summed E-state index contributed by atoms with van der Waals surface area (Å²) in [5, 5.41) is 14.7. The summed E-state index contributed by atoms with van der Waals surface area (Å²) in [5.74, 6) is -1.25. The van der Waals surface area contributed by atoms with Crippen molar-refractivity contribution in [2.75, 3.05) is 11.9 Å². The molecule has 3 N–H and O–H groups in total. The number of nitrogens with one attached hydrogen (secondary N) is 2. The van der Waals surface area contributed by atoms with Crippen LogP contribution in [0, 0.1) is 15.4 Å². The van der Waals surface area contributed by atoms with Crippen LogP contribution < -0.4 is 10.6 Å². The van der Waals surface area contributed by atoms with E-state index in [2.05, 4.69) is 33.2 Å². The lowest BCUT2D eigenvalue weighted by atomic mass is 9.97. The maximum atomic E-state index is 11.8. The maximum Gasteiger partial charge on any atom is 0.319 e. The minimum atomic E-state index is -0.906. The number of carbonyl (C=O) groups excluding carboxylic acids is 1. The zero-order valence-corrected chi connectivity index (χ0v) is 14.7. The molecular formula is C14H18ClIN2O3. The molecule has 0 saturated carbocycles. The van der Waals surface area contributed by atoms with Crippen molar-refractivity contribution in [1.82, 2.24) is 5.32 Å². The van der Waals surface area contributed by atoms with Crippen molar-refractivity contribution in [2.24, 2.45) is 11.8 Å². The van der Waals surface area contributed by atoms with Crippen molar-refractivity contribution in [3.8, 4) is 0 Å². The molecule has 0 heterocycles. The summed E-state index contributed by atoms with van der Waals surface area (Å²) in [6.45, 7) is 3.98. The van der Waals surface area contributed by atoms with E-state index in [1.54, 1.807) is 12.1 Å². The normalized spacial score (nSPS) is 12.0. The molecule has 5 nitrogen and oxygen atoms in total. The topological polar surface area (TPSA) is 78.4 Å². The van der Waals surface area contributed by atoms with Gasteiger partial charge in [0.05, 0.1) is 16.6 Å². The van der Waals surface area contributed by atoms with Gasteiger partial charge in [0.2, 0.25) is 0 Å². The van der Waals surface area contributed by atoms with Gasteiger partial charge in [-0.05, 0) is 53.1 Å². The predicted octanol–water partition coefficient (Wildman–Crippen LogP) is 3.81. The van der Waals surface area contributed by atoms with Crippen LogP contribution in [0.25, 0.3) is 0 Å². The van der Waals surface area contributed by atoms with E-state index in [9.17, 15) is 9.59 Å². The van der Waals surface area contributed by atoms with Crippen LogP contribution in [-0.2, 0) is 4.79 Å². The summed E-state index contributed by atoms with van der Waals surface area (Å²) in [6.07, 6.45) is 0.514. The molecule has 0 aliphatic carbocycles.